The Morgan fingerprint density at radius 2 is 2.38 bits per heavy atom. The van der Waals surface area contributed by atoms with E-state index in [0.717, 1.165) is 0 Å². The van der Waals surface area contributed by atoms with Gasteiger partial charge in [-0.2, -0.15) is 5.10 Å². The topological polar surface area (TPSA) is 57.0 Å². The van der Waals surface area contributed by atoms with E-state index in [9.17, 15) is 4.39 Å². The van der Waals surface area contributed by atoms with Gasteiger partial charge in [-0.3, -0.25) is 0 Å². The largest absolute Gasteiger partial charge is 0.472 e. The van der Waals surface area contributed by atoms with Gasteiger partial charge in [-0.25, -0.2) is 9.07 Å². The molecule has 0 fully saturated rings. The summed E-state index contributed by atoms with van der Waals surface area (Å²) in [4.78, 5) is 0. The SMILES string of the molecule is Cn1nc(-c2ccoc2)c(F)c1N. The third-order valence-corrected chi connectivity index (χ3v) is 1.83. The van der Waals surface area contributed by atoms with Crippen LogP contribution in [0.25, 0.3) is 11.3 Å². The van der Waals surface area contributed by atoms with Gasteiger partial charge >= 0.3 is 0 Å². The minimum atomic E-state index is -0.510. The molecule has 2 aromatic rings. The van der Waals surface area contributed by atoms with E-state index in [0.29, 0.717) is 5.56 Å². The molecule has 0 unspecified atom stereocenters. The molecule has 0 spiro atoms. The lowest BCUT2D eigenvalue weighted by atomic mass is 10.2. The quantitative estimate of drug-likeness (QED) is 0.723. The lowest BCUT2D eigenvalue weighted by Crippen LogP contribution is -1.97. The molecule has 2 heterocycles. The number of halogens is 1. The second kappa shape index (κ2) is 2.62. The van der Waals surface area contributed by atoms with Gasteiger partial charge in [-0.15, -0.1) is 0 Å². The van der Waals surface area contributed by atoms with Crippen molar-refractivity contribution in [2.75, 3.05) is 5.73 Å². The number of hydrogen-bond acceptors (Lipinski definition) is 3. The maximum Gasteiger partial charge on any atom is 0.192 e. The maximum atomic E-state index is 13.3. The molecule has 5 heteroatoms. The van der Waals surface area contributed by atoms with Crippen molar-refractivity contribution in [3.05, 3.63) is 24.4 Å². The molecular weight excluding hydrogens is 173 g/mol. The Morgan fingerprint density at radius 1 is 1.62 bits per heavy atom. The number of nitrogen functional groups attached to an aromatic ring is 1. The number of furan rings is 1. The fourth-order valence-corrected chi connectivity index (χ4v) is 1.09. The van der Waals surface area contributed by atoms with Crippen molar-refractivity contribution in [1.29, 1.82) is 0 Å². The van der Waals surface area contributed by atoms with E-state index < -0.39 is 5.82 Å². The molecule has 2 rings (SSSR count). The number of nitrogens with zero attached hydrogens (tertiary/aromatic N) is 2. The van der Waals surface area contributed by atoms with Crippen LogP contribution in [0.15, 0.2) is 23.0 Å². The summed E-state index contributed by atoms with van der Waals surface area (Å²) >= 11 is 0. The van der Waals surface area contributed by atoms with E-state index in [1.165, 1.54) is 17.2 Å². The summed E-state index contributed by atoms with van der Waals surface area (Å²) in [6.07, 6.45) is 2.88. The molecule has 13 heavy (non-hydrogen) atoms. The highest BCUT2D eigenvalue weighted by Gasteiger charge is 2.15. The molecule has 0 aliphatic carbocycles. The Kier molecular flexibility index (Phi) is 1.58. The summed E-state index contributed by atoms with van der Waals surface area (Å²) in [5.74, 6) is -0.486. The molecule has 68 valence electrons. The van der Waals surface area contributed by atoms with Crippen LogP contribution >= 0.6 is 0 Å². The molecule has 0 radical (unpaired) electrons. The molecule has 0 aliphatic rings. The van der Waals surface area contributed by atoms with E-state index in [1.807, 2.05) is 0 Å². The molecule has 0 saturated heterocycles. The van der Waals surface area contributed by atoms with Crippen LogP contribution in [0.1, 0.15) is 0 Å². The zero-order valence-electron chi connectivity index (χ0n) is 6.99. The van der Waals surface area contributed by atoms with E-state index >= 15 is 0 Å². The minimum Gasteiger partial charge on any atom is -0.472 e. The summed E-state index contributed by atoms with van der Waals surface area (Å²) in [5.41, 5.74) is 6.21. The summed E-state index contributed by atoms with van der Waals surface area (Å²) in [7, 11) is 1.59. The van der Waals surface area contributed by atoms with Gasteiger partial charge in [-0.1, -0.05) is 0 Å². The molecular formula is C8H8FN3O. The van der Waals surface area contributed by atoms with E-state index in [-0.39, 0.29) is 11.5 Å². The Balaban J connectivity index is 2.59. The van der Waals surface area contributed by atoms with Crippen molar-refractivity contribution in [1.82, 2.24) is 9.78 Å². The standard InChI is InChI=1S/C8H8FN3O/c1-12-8(10)6(9)7(11-12)5-2-3-13-4-5/h2-4H,10H2,1H3. The van der Waals surface area contributed by atoms with Crippen molar-refractivity contribution in [3.8, 4) is 11.3 Å². The number of aryl methyl sites for hydroxylation is 1. The number of hydrogen-bond donors (Lipinski definition) is 1. The molecule has 0 aromatic carbocycles. The second-order valence-electron chi connectivity index (χ2n) is 2.68. The van der Waals surface area contributed by atoms with Gasteiger partial charge in [0.25, 0.3) is 0 Å². The summed E-state index contributed by atoms with van der Waals surface area (Å²) in [6.45, 7) is 0. The number of rotatable bonds is 1. The first-order valence-electron chi connectivity index (χ1n) is 3.70. The van der Waals surface area contributed by atoms with Crippen LogP contribution in [-0.2, 0) is 7.05 Å². The third kappa shape index (κ3) is 1.09. The van der Waals surface area contributed by atoms with E-state index in [2.05, 4.69) is 5.10 Å². The van der Waals surface area contributed by atoms with Gasteiger partial charge in [0.15, 0.2) is 11.6 Å². The third-order valence-electron chi connectivity index (χ3n) is 1.83. The van der Waals surface area contributed by atoms with E-state index in [1.54, 1.807) is 13.1 Å². The van der Waals surface area contributed by atoms with Crippen molar-refractivity contribution < 1.29 is 8.81 Å². The predicted octanol–water partition coefficient (Wildman–Crippen LogP) is 1.40. The van der Waals surface area contributed by atoms with Crippen LogP contribution in [-0.4, -0.2) is 9.78 Å². The van der Waals surface area contributed by atoms with Crippen LogP contribution in [0.4, 0.5) is 10.2 Å². The normalized spacial score (nSPS) is 10.6. The van der Waals surface area contributed by atoms with Gasteiger partial charge in [0.05, 0.1) is 12.5 Å². The van der Waals surface area contributed by atoms with Crippen molar-refractivity contribution in [2.24, 2.45) is 7.05 Å². The molecule has 2 aromatic heterocycles. The van der Waals surface area contributed by atoms with E-state index in [4.69, 9.17) is 10.2 Å². The highest BCUT2D eigenvalue weighted by Crippen LogP contribution is 2.24. The summed E-state index contributed by atoms with van der Waals surface area (Å²) < 4.78 is 19.4. The van der Waals surface area contributed by atoms with Crippen LogP contribution in [0, 0.1) is 5.82 Å². The number of nitrogens with two attached hydrogens (primary N) is 1. The zero-order valence-corrected chi connectivity index (χ0v) is 6.99. The minimum absolute atomic E-state index is 0.0243. The summed E-state index contributed by atoms with van der Waals surface area (Å²) in [5, 5.41) is 3.91. The highest BCUT2D eigenvalue weighted by molar-refractivity contribution is 5.62. The maximum absolute atomic E-state index is 13.3. The number of anilines is 1. The molecule has 0 aliphatic heterocycles. The highest BCUT2D eigenvalue weighted by atomic mass is 19.1. The number of aromatic nitrogens is 2. The van der Waals surface area contributed by atoms with Gasteiger partial charge < -0.3 is 10.2 Å². The van der Waals surface area contributed by atoms with Crippen LogP contribution in [0.5, 0.6) is 0 Å². The summed E-state index contributed by atoms with van der Waals surface area (Å²) in [6, 6.07) is 1.63. The fraction of sp³-hybridized carbons (Fsp3) is 0.125. The molecule has 0 bridgehead atoms. The average Bonchev–Trinajstić information content (AvgIpc) is 2.70. The second-order valence-corrected chi connectivity index (χ2v) is 2.68. The molecule has 0 atom stereocenters. The van der Waals surface area contributed by atoms with Crippen molar-refractivity contribution in [3.63, 3.8) is 0 Å². The zero-order chi connectivity index (χ0) is 9.42. The van der Waals surface area contributed by atoms with Crippen molar-refractivity contribution in [2.45, 2.75) is 0 Å². The lowest BCUT2D eigenvalue weighted by molar-refractivity contribution is 0.567. The first-order chi connectivity index (χ1) is 6.20. The van der Waals surface area contributed by atoms with Crippen LogP contribution in [0.2, 0.25) is 0 Å². The van der Waals surface area contributed by atoms with Gasteiger partial charge in [0.2, 0.25) is 0 Å². The Hall–Kier alpha value is -1.78. The average molecular weight is 181 g/mol. The van der Waals surface area contributed by atoms with Gasteiger partial charge in [0.1, 0.15) is 5.69 Å². The molecule has 0 saturated carbocycles. The van der Waals surface area contributed by atoms with Gasteiger partial charge in [0, 0.05) is 12.6 Å². The predicted molar refractivity (Wildman–Crippen MR) is 45.3 cm³/mol. The van der Waals surface area contributed by atoms with Crippen molar-refractivity contribution >= 4 is 5.82 Å². The fourth-order valence-electron chi connectivity index (χ4n) is 1.09. The lowest BCUT2D eigenvalue weighted by Gasteiger charge is -1.88. The Bertz CT molecular complexity index is 419. The first-order valence-corrected chi connectivity index (χ1v) is 3.70. The molecule has 2 N–H and O–H groups in total. The van der Waals surface area contributed by atoms with Crippen LogP contribution < -0.4 is 5.73 Å². The van der Waals surface area contributed by atoms with Gasteiger partial charge in [-0.05, 0) is 6.07 Å². The first kappa shape index (κ1) is 7.85. The Morgan fingerprint density at radius 3 is 2.85 bits per heavy atom. The smallest absolute Gasteiger partial charge is 0.192 e. The Labute approximate surface area is 73.8 Å². The monoisotopic (exact) mass is 181 g/mol. The van der Waals surface area contributed by atoms with Crippen LogP contribution in [0.3, 0.4) is 0 Å². The molecule has 4 nitrogen and oxygen atoms in total. The molecule has 0 amide bonds.